The topological polar surface area (TPSA) is 153 Å². The SMILES string of the molecule is CCCCC(CC)CN/N=C1\C(=N)c2c(n(CC(CC)CCCC)c3c2sc2cc(/C=c4\ccc(=C(C#N)C#N)s4)sc23)-c2c1c1sc3cc(/C=c4\ccc(=C(C#N)C#N)s4)sc3c1n2CC(CC)CCCC. The van der Waals surface area contributed by atoms with Gasteiger partial charge in [0.25, 0.3) is 0 Å². The second kappa shape index (κ2) is 23.3. The first kappa shape index (κ1) is 52.3. The Bertz CT molecular complexity index is 3810. The second-order valence-electron chi connectivity index (χ2n) is 19.2. The van der Waals surface area contributed by atoms with Crippen LogP contribution in [0.2, 0.25) is 0 Å². The van der Waals surface area contributed by atoms with Crippen molar-refractivity contribution in [2.45, 2.75) is 132 Å². The molecule has 9 nitrogen and oxygen atoms in total. The summed E-state index contributed by atoms with van der Waals surface area (Å²) in [6, 6.07) is 20.5. The summed E-state index contributed by atoms with van der Waals surface area (Å²) in [6.45, 7) is 16.3. The fourth-order valence-corrected chi connectivity index (χ4v) is 17.6. The maximum absolute atomic E-state index is 10.5. The fraction of sp³-hybridized carbons (Fsp3) is 0.414. The molecule has 0 bridgehead atoms. The number of rotatable bonds is 21. The third kappa shape index (κ3) is 10.2. The van der Waals surface area contributed by atoms with E-state index in [1.807, 2.05) is 47.7 Å². The molecule has 9 rings (SSSR count). The number of nitriles is 4. The molecule has 1 aliphatic carbocycles. The molecule has 8 aromatic heterocycles. The Kier molecular flexibility index (Phi) is 16.7. The van der Waals surface area contributed by atoms with E-state index in [1.165, 1.54) is 82.2 Å². The Morgan fingerprint density at radius 3 is 1.47 bits per heavy atom. The van der Waals surface area contributed by atoms with Crippen LogP contribution in [0.3, 0.4) is 0 Å². The van der Waals surface area contributed by atoms with Gasteiger partial charge >= 0.3 is 0 Å². The lowest BCUT2D eigenvalue weighted by Gasteiger charge is -2.26. The highest BCUT2D eigenvalue weighted by Crippen LogP contribution is 2.54. The molecule has 0 aliphatic heterocycles. The highest BCUT2D eigenvalue weighted by molar-refractivity contribution is 7.34. The average molecular weight is 1080 g/mol. The summed E-state index contributed by atoms with van der Waals surface area (Å²) in [6.07, 6.45) is 18.0. The first-order valence-electron chi connectivity index (χ1n) is 26.0. The molecule has 3 unspecified atom stereocenters. The van der Waals surface area contributed by atoms with Crippen LogP contribution in [-0.4, -0.2) is 27.1 Å². The van der Waals surface area contributed by atoms with Gasteiger partial charge in [-0.05, 0) is 85.6 Å². The lowest BCUT2D eigenvalue weighted by Crippen LogP contribution is -2.28. The van der Waals surface area contributed by atoms with Crippen LogP contribution < -0.4 is 23.6 Å². The summed E-state index contributed by atoms with van der Waals surface area (Å²) in [5, 5.41) is 54.2. The number of unbranched alkanes of at least 4 members (excludes halogenated alkanes) is 3. The Balaban J connectivity index is 1.34. The van der Waals surface area contributed by atoms with E-state index in [2.05, 4.69) is 92.5 Å². The van der Waals surface area contributed by atoms with Crippen molar-refractivity contribution in [3.63, 3.8) is 0 Å². The molecule has 0 radical (unpaired) electrons. The third-order valence-corrected chi connectivity index (χ3v) is 21.3. The zero-order chi connectivity index (χ0) is 51.3. The van der Waals surface area contributed by atoms with Crippen LogP contribution in [0.1, 0.15) is 139 Å². The highest BCUT2D eigenvalue weighted by Gasteiger charge is 2.40. The molecule has 374 valence electrons. The number of hydrogen-bond acceptors (Lipinski definition) is 13. The van der Waals surface area contributed by atoms with Crippen LogP contribution in [0.5, 0.6) is 0 Å². The van der Waals surface area contributed by atoms with E-state index in [-0.39, 0.29) is 11.1 Å². The van der Waals surface area contributed by atoms with Gasteiger partial charge in [-0.25, -0.2) is 0 Å². The quantitative estimate of drug-likeness (QED) is 0.0686. The van der Waals surface area contributed by atoms with Crippen LogP contribution in [0.4, 0.5) is 0 Å². The van der Waals surface area contributed by atoms with Gasteiger partial charge < -0.3 is 14.6 Å². The van der Waals surface area contributed by atoms with Gasteiger partial charge in [0.05, 0.1) is 56.0 Å². The van der Waals surface area contributed by atoms with Crippen molar-refractivity contribution in [1.29, 1.82) is 26.5 Å². The van der Waals surface area contributed by atoms with Gasteiger partial charge in [0.2, 0.25) is 0 Å². The van der Waals surface area contributed by atoms with Crippen molar-refractivity contribution in [2.75, 3.05) is 6.54 Å². The lowest BCUT2D eigenvalue weighted by molar-refractivity contribution is 0.392. The normalized spacial score (nSPS) is 14.7. The molecule has 1 aliphatic rings. The van der Waals surface area contributed by atoms with Crippen LogP contribution >= 0.6 is 68.0 Å². The maximum atomic E-state index is 10.5. The lowest BCUT2D eigenvalue weighted by atomic mass is 9.90. The second-order valence-corrected chi connectivity index (χ2v) is 25.8. The first-order valence-corrected chi connectivity index (χ1v) is 30.9. The largest absolute Gasteiger partial charge is 0.337 e. The maximum Gasteiger partial charge on any atom is 0.146 e. The number of hydrogen-bond donors (Lipinski definition) is 2. The fourth-order valence-electron chi connectivity index (χ4n) is 10.4. The minimum atomic E-state index is 0.135. The van der Waals surface area contributed by atoms with Crippen LogP contribution in [0.15, 0.2) is 41.5 Å². The molecule has 0 spiro atoms. The first-order chi connectivity index (χ1) is 35.6. The predicted octanol–water partition coefficient (Wildman–Crippen LogP) is 14.3. The van der Waals surface area contributed by atoms with E-state index in [9.17, 15) is 26.5 Å². The molecule has 8 heterocycles. The van der Waals surface area contributed by atoms with Gasteiger partial charge in [-0.1, -0.05) is 99.3 Å². The third-order valence-electron chi connectivity index (χ3n) is 14.5. The number of fused-ring (bicyclic) bond motifs is 11. The Morgan fingerprint density at radius 1 is 0.589 bits per heavy atom. The summed E-state index contributed by atoms with van der Waals surface area (Å²) in [5.41, 5.74) is 12.0. The van der Waals surface area contributed by atoms with Crippen LogP contribution in [0.25, 0.3) is 73.9 Å². The van der Waals surface area contributed by atoms with Gasteiger partial charge in [0.15, 0.2) is 0 Å². The highest BCUT2D eigenvalue weighted by atomic mass is 32.1. The summed E-state index contributed by atoms with van der Waals surface area (Å²) >= 11 is 10.2. The molecular formula is C58H61N9S6. The number of aromatic nitrogens is 2. The number of nitrogens with one attached hydrogen (secondary N) is 2. The molecule has 0 saturated heterocycles. The Morgan fingerprint density at radius 2 is 1.03 bits per heavy atom. The minimum absolute atomic E-state index is 0.135. The monoisotopic (exact) mass is 1080 g/mol. The van der Waals surface area contributed by atoms with E-state index in [4.69, 9.17) is 5.10 Å². The van der Waals surface area contributed by atoms with Crippen molar-refractivity contribution in [1.82, 2.24) is 14.6 Å². The van der Waals surface area contributed by atoms with Crippen molar-refractivity contribution >= 4 is 142 Å². The summed E-state index contributed by atoms with van der Waals surface area (Å²) in [5.74, 6) is 1.40. The summed E-state index contributed by atoms with van der Waals surface area (Å²) in [4.78, 5) is 2.25. The number of nitrogens with zero attached hydrogens (tertiary/aromatic N) is 7. The van der Waals surface area contributed by atoms with E-state index in [0.717, 1.165) is 123 Å². The molecule has 0 aromatic carbocycles. The molecule has 15 heteroatoms. The zero-order valence-electron chi connectivity index (χ0n) is 42.5. The molecular weight excluding hydrogens is 1020 g/mol. The molecule has 3 atom stereocenters. The summed E-state index contributed by atoms with van der Waals surface area (Å²) < 4.78 is 15.9. The zero-order valence-corrected chi connectivity index (χ0v) is 47.4. The van der Waals surface area contributed by atoms with Crippen molar-refractivity contribution < 1.29 is 0 Å². The van der Waals surface area contributed by atoms with E-state index in [1.54, 1.807) is 34.0 Å². The smallest absolute Gasteiger partial charge is 0.146 e. The minimum Gasteiger partial charge on any atom is -0.337 e. The van der Waals surface area contributed by atoms with Gasteiger partial charge in [-0.3, -0.25) is 5.41 Å². The Labute approximate surface area is 451 Å². The van der Waals surface area contributed by atoms with E-state index < -0.39 is 0 Å². The molecule has 0 fully saturated rings. The van der Waals surface area contributed by atoms with Gasteiger partial charge in [0, 0.05) is 59.0 Å². The standard InChI is InChI=1S/C58H61N9S6/c1-7-13-16-34(10-4)31-64-65-50-48-52(67(33-36(12-6)18-15-9-3)54-56-46(73-58(48)54)26-42(71-56)24-40-20-22-44(69-40)38(29-61)30-62)51-47(49(50)63)57-53(66(51)32-35(11-5)17-14-8-2)55-45(72-57)25-41(70-55)23-39-19-21-43(68-39)37(27-59)28-60/h19-26,34-36,63-64H,7-18,31-33H2,1-6H3/b39-23+,40-24+,63-49?,65-50-. The average Bonchev–Trinajstić information content (AvgIpc) is 4.29. The molecule has 8 aromatic rings. The molecule has 73 heavy (non-hydrogen) atoms. The van der Waals surface area contributed by atoms with Crippen molar-refractivity contribution in [2.24, 2.45) is 22.9 Å². The Hall–Kier alpha value is -5.62. The number of hydrazone groups is 1. The molecule has 2 N–H and O–H groups in total. The molecule has 0 saturated carbocycles. The van der Waals surface area contributed by atoms with Crippen molar-refractivity contribution in [3.05, 3.63) is 75.4 Å². The summed E-state index contributed by atoms with van der Waals surface area (Å²) in [7, 11) is 0. The van der Waals surface area contributed by atoms with Crippen molar-refractivity contribution in [3.8, 4) is 35.7 Å². The van der Waals surface area contributed by atoms with E-state index in [0.29, 0.717) is 32.5 Å². The van der Waals surface area contributed by atoms with E-state index >= 15 is 0 Å². The van der Waals surface area contributed by atoms with Crippen LogP contribution in [-0.2, 0) is 13.1 Å². The van der Waals surface area contributed by atoms with Gasteiger partial charge in [-0.2, -0.15) is 26.1 Å². The molecule has 0 amide bonds. The van der Waals surface area contributed by atoms with Crippen LogP contribution in [0, 0.1) is 68.5 Å². The van der Waals surface area contributed by atoms with Gasteiger partial charge in [-0.15, -0.1) is 68.0 Å². The number of thiophene rings is 6. The predicted molar refractivity (Wildman–Crippen MR) is 314 cm³/mol. The van der Waals surface area contributed by atoms with Gasteiger partial charge in [0.1, 0.15) is 41.1 Å².